The van der Waals surface area contributed by atoms with Crippen molar-refractivity contribution in [2.75, 3.05) is 5.32 Å². The van der Waals surface area contributed by atoms with Crippen LogP contribution < -0.4 is 16.4 Å². The predicted octanol–water partition coefficient (Wildman–Crippen LogP) is 1.09. The van der Waals surface area contributed by atoms with E-state index in [0.717, 1.165) is 0 Å². The van der Waals surface area contributed by atoms with Gasteiger partial charge in [-0.2, -0.15) is 0 Å². The number of nitrogens with one attached hydrogen (secondary N) is 2. The van der Waals surface area contributed by atoms with Crippen LogP contribution in [-0.2, 0) is 16.0 Å². The Morgan fingerprint density at radius 3 is 2.24 bits per heavy atom. The molecule has 0 aliphatic carbocycles. The fraction of sp³-hybridized carbons (Fsp3) is 0.357. The zero-order chi connectivity index (χ0) is 16.0. The van der Waals surface area contributed by atoms with Crippen LogP contribution in [-0.4, -0.2) is 28.6 Å². The van der Waals surface area contributed by atoms with E-state index in [1.54, 1.807) is 38.1 Å². The molecule has 0 heterocycles. The molecule has 21 heavy (non-hydrogen) atoms. The van der Waals surface area contributed by atoms with Gasteiger partial charge in [0.1, 0.15) is 0 Å². The number of benzene rings is 1. The van der Waals surface area contributed by atoms with Gasteiger partial charge < -0.3 is 21.5 Å². The molecule has 0 bridgehead atoms. The van der Waals surface area contributed by atoms with Gasteiger partial charge >= 0.3 is 12.0 Å². The highest BCUT2D eigenvalue weighted by Gasteiger charge is 2.22. The zero-order valence-electron chi connectivity index (χ0n) is 12.0. The Balaban J connectivity index is 2.58. The number of hydrogen-bond donors (Lipinski definition) is 4. The molecular formula is C14H19N3O4. The predicted molar refractivity (Wildman–Crippen MR) is 77.8 cm³/mol. The first-order chi connectivity index (χ1) is 9.68. The highest BCUT2D eigenvalue weighted by Crippen LogP contribution is 2.12. The van der Waals surface area contributed by atoms with Gasteiger partial charge in [0.15, 0.2) is 0 Å². The lowest BCUT2D eigenvalue weighted by molar-refractivity contribution is -0.136. The van der Waals surface area contributed by atoms with Gasteiger partial charge in [0, 0.05) is 17.6 Å². The van der Waals surface area contributed by atoms with Crippen LogP contribution in [0.2, 0.25) is 0 Å². The second-order valence-corrected chi connectivity index (χ2v) is 5.37. The lowest BCUT2D eigenvalue weighted by Gasteiger charge is -2.24. The summed E-state index contributed by atoms with van der Waals surface area (Å²) in [5.74, 6) is -1.42. The SMILES string of the molecule is CC(C)(CC(N)=O)NC(=O)Nc1ccc(CC(=O)O)cc1. The molecule has 0 radical (unpaired) electrons. The molecule has 0 aliphatic rings. The lowest BCUT2D eigenvalue weighted by Crippen LogP contribution is -2.47. The molecule has 0 aliphatic heterocycles. The molecule has 7 heteroatoms. The third-order valence-electron chi connectivity index (χ3n) is 2.64. The van der Waals surface area contributed by atoms with E-state index in [2.05, 4.69) is 10.6 Å². The van der Waals surface area contributed by atoms with Gasteiger partial charge in [0.25, 0.3) is 0 Å². The normalized spacial score (nSPS) is 10.8. The van der Waals surface area contributed by atoms with Crippen LogP contribution in [0.25, 0.3) is 0 Å². The summed E-state index contributed by atoms with van der Waals surface area (Å²) in [7, 11) is 0. The summed E-state index contributed by atoms with van der Waals surface area (Å²) in [5.41, 5.74) is 5.52. The highest BCUT2D eigenvalue weighted by molar-refractivity contribution is 5.90. The van der Waals surface area contributed by atoms with Gasteiger partial charge in [-0.3, -0.25) is 9.59 Å². The number of aliphatic carboxylic acids is 1. The summed E-state index contributed by atoms with van der Waals surface area (Å²) in [6.45, 7) is 3.38. The second kappa shape index (κ2) is 6.74. The first-order valence-corrected chi connectivity index (χ1v) is 6.36. The summed E-state index contributed by atoms with van der Waals surface area (Å²) >= 11 is 0. The van der Waals surface area contributed by atoms with E-state index >= 15 is 0 Å². The molecule has 0 saturated carbocycles. The molecule has 114 valence electrons. The molecule has 7 nitrogen and oxygen atoms in total. The zero-order valence-corrected chi connectivity index (χ0v) is 12.0. The number of urea groups is 1. The Hall–Kier alpha value is -2.57. The largest absolute Gasteiger partial charge is 0.481 e. The Morgan fingerprint density at radius 2 is 1.76 bits per heavy atom. The number of carbonyl (C=O) groups is 3. The first-order valence-electron chi connectivity index (χ1n) is 6.36. The van der Waals surface area contributed by atoms with Gasteiger partial charge in [-0.1, -0.05) is 12.1 Å². The molecule has 0 atom stereocenters. The van der Waals surface area contributed by atoms with Crippen LogP contribution in [0.1, 0.15) is 25.8 Å². The number of rotatable bonds is 6. The molecular weight excluding hydrogens is 274 g/mol. The van der Waals surface area contributed by atoms with Gasteiger partial charge in [0.05, 0.1) is 6.42 Å². The number of carboxylic acids is 1. The van der Waals surface area contributed by atoms with Crippen molar-refractivity contribution in [3.63, 3.8) is 0 Å². The van der Waals surface area contributed by atoms with E-state index in [0.29, 0.717) is 11.3 Å². The molecule has 0 unspecified atom stereocenters. The Bertz CT molecular complexity index is 538. The van der Waals surface area contributed by atoms with Crippen molar-refractivity contribution >= 4 is 23.6 Å². The van der Waals surface area contributed by atoms with Gasteiger partial charge in [-0.25, -0.2) is 4.79 Å². The molecule has 1 aromatic rings. The van der Waals surface area contributed by atoms with Crippen molar-refractivity contribution in [1.82, 2.24) is 5.32 Å². The minimum Gasteiger partial charge on any atom is -0.481 e. The minimum atomic E-state index is -0.915. The molecule has 1 aromatic carbocycles. The van der Waals surface area contributed by atoms with Gasteiger partial charge in [-0.15, -0.1) is 0 Å². The fourth-order valence-electron chi connectivity index (χ4n) is 1.83. The number of amides is 3. The maximum atomic E-state index is 11.8. The van der Waals surface area contributed by atoms with Crippen LogP contribution in [0.3, 0.4) is 0 Å². The minimum absolute atomic E-state index is 0.0258. The number of anilines is 1. The molecule has 0 fully saturated rings. The molecule has 1 rings (SSSR count). The highest BCUT2D eigenvalue weighted by atomic mass is 16.4. The Kier molecular flexibility index (Phi) is 5.29. The maximum Gasteiger partial charge on any atom is 0.319 e. The number of carboxylic acid groups (broad SMARTS) is 1. The van der Waals surface area contributed by atoms with Crippen LogP contribution in [0.4, 0.5) is 10.5 Å². The molecule has 3 amide bonds. The number of hydrogen-bond acceptors (Lipinski definition) is 3. The summed E-state index contributed by atoms with van der Waals surface area (Å²) < 4.78 is 0. The number of nitrogens with two attached hydrogens (primary N) is 1. The van der Waals surface area contributed by atoms with E-state index in [-0.39, 0.29) is 12.8 Å². The quantitative estimate of drug-likeness (QED) is 0.627. The van der Waals surface area contributed by atoms with Crippen molar-refractivity contribution in [3.05, 3.63) is 29.8 Å². The molecule has 0 saturated heterocycles. The van der Waals surface area contributed by atoms with Crippen molar-refractivity contribution in [3.8, 4) is 0 Å². The van der Waals surface area contributed by atoms with Crippen LogP contribution >= 0.6 is 0 Å². The standard InChI is InChI=1S/C14H19N3O4/c1-14(2,8-11(15)18)17-13(21)16-10-5-3-9(4-6-10)7-12(19)20/h3-6H,7-8H2,1-2H3,(H2,15,18)(H,19,20)(H2,16,17,21). The number of primary amides is 1. The fourth-order valence-corrected chi connectivity index (χ4v) is 1.83. The third kappa shape index (κ3) is 6.42. The van der Waals surface area contributed by atoms with Gasteiger partial charge in [0.2, 0.25) is 5.91 Å². The third-order valence-corrected chi connectivity index (χ3v) is 2.64. The topological polar surface area (TPSA) is 122 Å². The first kappa shape index (κ1) is 16.5. The molecule has 5 N–H and O–H groups in total. The lowest BCUT2D eigenvalue weighted by atomic mass is 10.0. The van der Waals surface area contributed by atoms with E-state index < -0.39 is 23.4 Å². The van der Waals surface area contributed by atoms with Crippen molar-refractivity contribution in [1.29, 1.82) is 0 Å². The average Bonchev–Trinajstić information content (AvgIpc) is 2.28. The summed E-state index contributed by atoms with van der Waals surface area (Å²) in [5, 5.41) is 13.9. The van der Waals surface area contributed by atoms with Crippen molar-refractivity contribution in [2.45, 2.75) is 32.2 Å². The summed E-state index contributed by atoms with van der Waals surface area (Å²) in [6, 6.07) is 6.00. The van der Waals surface area contributed by atoms with Crippen molar-refractivity contribution in [2.24, 2.45) is 5.73 Å². The van der Waals surface area contributed by atoms with Crippen LogP contribution in [0, 0.1) is 0 Å². The summed E-state index contributed by atoms with van der Waals surface area (Å²) in [4.78, 5) is 33.2. The van der Waals surface area contributed by atoms with E-state index in [9.17, 15) is 14.4 Å². The van der Waals surface area contributed by atoms with Crippen LogP contribution in [0.15, 0.2) is 24.3 Å². The maximum absolute atomic E-state index is 11.8. The Morgan fingerprint density at radius 1 is 1.19 bits per heavy atom. The number of carbonyl (C=O) groups excluding carboxylic acids is 2. The van der Waals surface area contributed by atoms with E-state index in [1.165, 1.54) is 0 Å². The molecule has 0 spiro atoms. The van der Waals surface area contributed by atoms with E-state index in [1.807, 2.05) is 0 Å². The smallest absolute Gasteiger partial charge is 0.319 e. The monoisotopic (exact) mass is 293 g/mol. The second-order valence-electron chi connectivity index (χ2n) is 5.37. The van der Waals surface area contributed by atoms with Gasteiger partial charge in [-0.05, 0) is 31.5 Å². The van der Waals surface area contributed by atoms with E-state index in [4.69, 9.17) is 10.8 Å². The molecule has 0 aromatic heterocycles. The summed E-state index contributed by atoms with van der Waals surface area (Å²) in [6.07, 6.45) is -0.0455. The average molecular weight is 293 g/mol. The Labute approximate surface area is 122 Å². The van der Waals surface area contributed by atoms with Crippen LogP contribution in [0.5, 0.6) is 0 Å². The van der Waals surface area contributed by atoms with Crippen molar-refractivity contribution < 1.29 is 19.5 Å².